The van der Waals surface area contributed by atoms with Crippen LogP contribution in [0.3, 0.4) is 0 Å². The second kappa shape index (κ2) is 8.57. The zero-order valence-electron chi connectivity index (χ0n) is 16.2. The van der Waals surface area contributed by atoms with Crippen molar-refractivity contribution in [2.75, 3.05) is 0 Å². The molecule has 0 spiro atoms. The van der Waals surface area contributed by atoms with Crippen LogP contribution in [0.1, 0.15) is 40.3 Å². The van der Waals surface area contributed by atoms with Crippen molar-refractivity contribution in [3.63, 3.8) is 0 Å². The maximum absolute atomic E-state index is 12.3. The van der Waals surface area contributed by atoms with Gasteiger partial charge < -0.3 is 0 Å². The topological polar surface area (TPSA) is 34.1 Å². The van der Waals surface area contributed by atoms with E-state index in [1.54, 1.807) is 19.1 Å². The number of benzene rings is 2. The van der Waals surface area contributed by atoms with Gasteiger partial charge in [0, 0.05) is 0 Å². The molecule has 2 heteroatoms. The van der Waals surface area contributed by atoms with Crippen LogP contribution in [0.2, 0.25) is 0 Å². The van der Waals surface area contributed by atoms with Gasteiger partial charge in [0.2, 0.25) is 0 Å². The van der Waals surface area contributed by atoms with E-state index in [0.29, 0.717) is 0 Å². The van der Waals surface area contributed by atoms with E-state index in [4.69, 9.17) is 0 Å². The lowest BCUT2D eigenvalue weighted by Gasteiger charge is -2.04. The minimum absolute atomic E-state index is 0.182. The van der Waals surface area contributed by atoms with Crippen molar-refractivity contribution < 1.29 is 9.59 Å². The summed E-state index contributed by atoms with van der Waals surface area (Å²) in [5, 5.41) is 0. The fourth-order valence-corrected chi connectivity index (χ4v) is 2.52. The van der Waals surface area contributed by atoms with E-state index < -0.39 is 5.92 Å². The summed E-state index contributed by atoms with van der Waals surface area (Å²) in [5.74, 6) is -1.04. The zero-order chi connectivity index (χ0) is 19.3. The molecule has 0 bridgehead atoms. The van der Waals surface area contributed by atoms with Gasteiger partial charge in [-0.1, -0.05) is 48.6 Å². The number of carbonyl (C=O) groups is 2. The van der Waals surface area contributed by atoms with Crippen LogP contribution in [0.5, 0.6) is 0 Å². The minimum Gasteiger partial charge on any atom is -0.294 e. The van der Waals surface area contributed by atoms with Gasteiger partial charge in [0.1, 0.15) is 0 Å². The minimum atomic E-state index is -0.680. The summed E-state index contributed by atoms with van der Waals surface area (Å²) in [5.41, 5.74) is 6.72. The van der Waals surface area contributed by atoms with Crippen molar-refractivity contribution >= 4 is 23.7 Å². The van der Waals surface area contributed by atoms with Crippen LogP contribution in [-0.2, 0) is 9.59 Å². The van der Waals surface area contributed by atoms with Gasteiger partial charge in [-0.2, -0.15) is 0 Å². The van der Waals surface area contributed by atoms with E-state index >= 15 is 0 Å². The van der Waals surface area contributed by atoms with E-state index in [1.165, 1.54) is 34.4 Å². The first-order valence-corrected chi connectivity index (χ1v) is 8.86. The normalized spacial score (nSPS) is 11.6. The molecule has 0 radical (unpaired) electrons. The molecule has 0 saturated carbocycles. The van der Waals surface area contributed by atoms with E-state index in [2.05, 4.69) is 13.8 Å². The molecule has 0 unspecified atom stereocenters. The van der Waals surface area contributed by atoms with Gasteiger partial charge in [-0.05, 0) is 80.2 Å². The Balaban J connectivity index is 2.03. The van der Waals surface area contributed by atoms with Crippen LogP contribution >= 0.6 is 0 Å². The Kier molecular flexibility index (Phi) is 6.46. The van der Waals surface area contributed by atoms with E-state index in [1.807, 2.05) is 50.2 Å². The molecule has 0 atom stereocenters. The standard InChI is InChI=1S/C24H26O2/c1-16-6-8-21(14-18(16)3)10-12-23(25)20(5)24(26)13-11-22-9-7-17(2)19(4)15-22/h6-15,20H,1-5H3/b12-10+,13-11+. The lowest BCUT2D eigenvalue weighted by molar-refractivity contribution is -0.126. The summed E-state index contributed by atoms with van der Waals surface area (Å²) in [7, 11) is 0. The van der Waals surface area contributed by atoms with Crippen molar-refractivity contribution in [2.45, 2.75) is 34.6 Å². The number of hydrogen-bond donors (Lipinski definition) is 0. The molecule has 0 N–H and O–H groups in total. The third kappa shape index (κ3) is 5.13. The number of aryl methyl sites for hydroxylation is 4. The summed E-state index contributed by atoms with van der Waals surface area (Å²) in [6, 6.07) is 12.1. The average Bonchev–Trinajstić information content (AvgIpc) is 2.62. The summed E-state index contributed by atoms with van der Waals surface area (Å²) in [4.78, 5) is 24.6. The van der Waals surface area contributed by atoms with E-state index in [-0.39, 0.29) is 11.6 Å². The highest BCUT2D eigenvalue weighted by molar-refractivity contribution is 6.13. The second-order valence-electron chi connectivity index (χ2n) is 6.88. The molecule has 2 rings (SSSR count). The van der Waals surface area contributed by atoms with Gasteiger partial charge in [-0.3, -0.25) is 9.59 Å². The highest BCUT2D eigenvalue weighted by Crippen LogP contribution is 2.14. The van der Waals surface area contributed by atoms with E-state index in [0.717, 1.165) is 11.1 Å². The number of allylic oxidation sites excluding steroid dienone is 2. The van der Waals surface area contributed by atoms with Crippen LogP contribution < -0.4 is 0 Å². The van der Waals surface area contributed by atoms with E-state index in [9.17, 15) is 9.59 Å². The highest BCUT2D eigenvalue weighted by Gasteiger charge is 2.16. The van der Waals surface area contributed by atoms with Crippen molar-refractivity contribution in [1.82, 2.24) is 0 Å². The van der Waals surface area contributed by atoms with Gasteiger partial charge in [-0.15, -0.1) is 0 Å². The quantitative estimate of drug-likeness (QED) is 0.517. The van der Waals surface area contributed by atoms with Gasteiger partial charge >= 0.3 is 0 Å². The summed E-state index contributed by atoms with van der Waals surface area (Å²) < 4.78 is 0. The Morgan fingerprint density at radius 3 is 1.42 bits per heavy atom. The van der Waals surface area contributed by atoms with Crippen molar-refractivity contribution in [3.05, 3.63) is 81.9 Å². The first-order chi connectivity index (χ1) is 12.3. The molecular weight excluding hydrogens is 320 g/mol. The Bertz CT molecular complexity index is 812. The van der Waals surface area contributed by atoms with Crippen LogP contribution in [-0.4, -0.2) is 11.6 Å². The van der Waals surface area contributed by atoms with Crippen LogP contribution in [0.15, 0.2) is 48.6 Å². The van der Waals surface area contributed by atoms with Crippen LogP contribution in [0.25, 0.3) is 12.2 Å². The van der Waals surface area contributed by atoms with Gasteiger partial charge in [0.05, 0.1) is 5.92 Å². The Morgan fingerprint density at radius 1 is 0.692 bits per heavy atom. The maximum Gasteiger partial charge on any atom is 0.166 e. The molecule has 0 aliphatic carbocycles. The summed E-state index contributed by atoms with van der Waals surface area (Å²) >= 11 is 0. The van der Waals surface area contributed by atoms with Gasteiger partial charge in [-0.25, -0.2) is 0 Å². The molecule has 0 aromatic heterocycles. The molecule has 0 heterocycles. The monoisotopic (exact) mass is 346 g/mol. The highest BCUT2D eigenvalue weighted by atomic mass is 16.1. The van der Waals surface area contributed by atoms with Crippen LogP contribution in [0, 0.1) is 33.6 Å². The molecule has 0 amide bonds. The molecule has 134 valence electrons. The molecule has 2 nitrogen and oxygen atoms in total. The Labute approximate surface area is 156 Å². The number of rotatable bonds is 6. The van der Waals surface area contributed by atoms with Crippen molar-refractivity contribution in [2.24, 2.45) is 5.92 Å². The lowest BCUT2D eigenvalue weighted by atomic mass is 9.98. The van der Waals surface area contributed by atoms with Crippen molar-refractivity contribution in [3.8, 4) is 0 Å². The first kappa shape index (κ1) is 19.6. The Hall–Kier alpha value is -2.74. The molecule has 2 aromatic rings. The Morgan fingerprint density at radius 2 is 1.08 bits per heavy atom. The molecular formula is C24H26O2. The summed E-state index contributed by atoms with van der Waals surface area (Å²) in [6.45, 7) is 9.84. The smallest absolute Gasteiger partial charge is 0.166 e. The SMILES string of the molecule is Cc1ccc(/C=C/C(=O)C(C)C(=O)/C=C/c2ccc(C)c(C)c2)cc1C. The van der Waals surface area contributed by atoms with Gasteiger partial charge in [0.15, 0.2) is 11.6 Å². The molecule has 0 fully saturated rings. The predicted octanol–water partition coefficient (Wildman–Crippen LogP) is 5.42. The number of ketones is 2. The van der Waals surface area contributed by atoms with Crippen LogP contribution in [0.4, 0.5) is 0 Å². The predicted molar refractivity (Wildman–Crippen MR) is 109 cm³/mol. The molecule has 0 aliphatic rings. The fraction of sp³-hybridized carbons (Fsp3) is 0.250. The van der Waals surface area contributed by atoms with Crippen molar-refractivity contribution in [1.29, 1.82) is 0 Å². The third-order valence-corrected chi connectivity index (χ3v) is 4.80. The largest absolute Gasteiger partial charge is 0.294 e. The maximum atomic E-state index is 12.3. The average molecular weight is 346 g/mol. The van der Waals surface area contributed by atoms with Gasteiger partial charge in [0.25, 0.3) is 0 Å². The number of hydrogen-bond acceptors (Lipinski definition) is 2. The third-order valence-electron chi connectivity index (χ3n) is 4.80. The molecule has 0 saturated heterocycles. The lowest BCUT2D eigenvalue weighted by Crippen LogP contribution is -2.17. The first-order valence-electron chi connectivity index (χ1n) is 8.86. The molecule has 0 aliphatic heterocycles. The second-order valence-corrected chi connectivity index (χ2v) is 6.88. The number of carbonyl (C=O) groups excluding carboxylic acids is 2. The summed E-state index contributed by atoms with van der Waals surface area (Å²) in [6.07, 6.45) is 6.53. The zero-order valence-corrected chi connectivity index (χ0v) is 16.2. The molecule has 2 aromatic carbocycles. The molecule has 26 heavy (non-hydrogen) atoms. The fourth-order valence-electron chi connectivity index (χ4n) is 2.52.